The van der Waals surface area contributed by atoms with E-state index in [1.807, 2.05) is 133 Å². The molecule has 266 valence electrons. The molecule has 0 spiro atoms. The number of aromatic nitrogens is 6. The van der Waals surface area contributed by atoms with E-state index in [4.69, 9.17) is 29.9 Å². The van der Waals surface area contributed by atoms with Gasteiger partial charge in [0.15, 0.2) is 34.9 Å². The van der Waals surface area contributed by atoms with Gasteiger partial charge in [0.05, 0.1) is 11.6 Å². The molecule has 10 rings (SSSR count). The first-order chi connectivity index (χ1) is 28.2. The van der Waals surface area contributed by atoms with Crippen molar-refractivity contribution in [2.24, 2.45) is 0 Å². The van der Waals surface area contributed by atoms with Crippen LogP contribution in [0.25, 0.3) is 99.6 Å². The summed E-state index contributed by atoms with van der Waals surface area (Å²) >= 11 is 1.73. The van der Waals surface area contributed by atoms with Crippen LogP contribution >= 0.6 is 11.3 Å². The highest BCUT2D eigenvalue weighted by Crippen LogP contribution is 2.42. The summed E-state index contributed by atoms with van der Waals surface area (Å²) in [5, 5.41) is 12.4. The normalized spacial score (nSPS) is 11.1. The van der Waals surface area contributed by atoms with E-state index >= 15 is 0 Å². The summed E-state index contributed by atoms with van der Waals surface area (Å²) in [7, 11) is 0. The number of hydrogen-bond acceptors (Lipinski definition) is 8. The monoisotopic (exact) mass is 747 g/mol. The number of nitriles is 1. The fourth-order valence-corrected chi connectivity index (χ4v) is 8.16. The number of fused-ring (bicyclic) bond motifs is 3. The lowest BCUT2D eigenvalue weighted by atomic mass is 9.97. The smallest absolute Gasteiger partial charge is 0.164 e. The Kier molecular flexibility index (Phi) is 8.60. The van der Waals surface area contributed by atoms with Crippen molar-refractivity contribution in [3.05, 3.63) is 181 Å². The van der Waals surface area contributed by atoms with E-state index in [0.717, 1.165) is 64.7 Å². The molecule has 0 aliphatic carbocycles. The minimum atomic E-state index is 0.490. The average molecular weight is 748 g/mol. The Morgan fingerprint density at radius 2 is 0.807 bits per heavy atom. The lowest BCUT2D eigenvalue weighted by molar-refractivity contribution is 1.07. The van der Waals surface area contributed by atoms with Crippen molar-refractivity contribution >= 4 is 31.5 Å². The van der Waals surface area contributed by atoms with E-state index in [1.165, 1.54) is 0 Å². The van der Waals surface area contributed by atoms with Crippen LogP contribution in [0.4, 0.5) is 0 Å². The summed E-state index contributed by atoms with van der Waals surface area (Å²) in [6.07, 6.45) is 0. The third-order valence-electron chi connectivity index (χ3n) is 9.79. The summed E-state index contributed by atoms with van der Waals surface area (Å²) in [4.78, 5) is 29.8. The molecular weight excluding hydrogens is 719 g/mol. The molecule has 0 bridgehead atoms. The van der Waals surface area contributed by atoms with Gasteiger partial charge in [-0.2, -0.15) is 5.26 Å². The fraction of sp³-hybridized carbons (Fsp3) is 0. The fourth-order valence-electron chi connectivity index (χ4n) is 7.05. The van der Waals surface area contributed by atoms with E-state index in [0.29, 0.717) is 40.5 Å². The predicted octanol–water partition coefficient (Wildman–Crippen LogP) is 12.0. The van der Waals surface area contributed by atoms with Gasteiger partial charge in [-0.25, -0.2) is 29.9 Å². The zero-order valence-corrected chi connectivity index (χ0v) is 31.1. The number of rotatable bonds is 7. The lowest BCUT2D eigenvalue weighted by Gasteiger charge is -2.11. The topological polar surface area (TPSA) is 101 Å². The minimum Gasteiger partial charge on any atom is -0.208 e. The molecular formula is C49H29N7S. The van der Waals surface area contributed by atoms with E-state index in [1.54, 1.807) is 11.3 Å². The second-order valence-electron chi connectivity index (χ2n) is 13.5. The van der Waals surface area contributed by atoms with Gasteiger partial charge in [0.25, 0.3) is 0 Å². The van der Waals surface area contributed by atoms with E-state index in [2.05, 4.69) is 48.5 Å². The van der Waals surface area contributed by atoms with Crippen molar-refractivity contribution < 1.29 is 0 Å². The molecule has 0 amide bonds. The molecule has 0 aliphatic heterocycles. The third-order valence-corrected chi connectivity index (χ3v) is 10.9. The van der Waals surface area contributed by atoms with Crippen molar-refractivity contribution in [1.82, 2.24) is 29.9 Å². The van der Waals surface area contributed by atoms with Crippen molar-refractivity contribution in [3.63, 3.8) is 0 Å². The maximum Gasteiger partial charge on any atom is 0.164 e. The van der Waals surface area contributed by atoms with Crippen LogP contribution in [0.1, 0.15) is 5.56 Å². The molecule has 0 radical (unpaired) electrons. The van der Waals surface area contributed by atoms with E-state index < -0.39 is 0 Å². The van der Waals surface area contributed by atoms with Gasteiger partial charge in [0, 0.05) is 53.6 Å². The van der Waals surface area contributed by atoms with Gasteiger partial charge in [0.1, 0.15) is 0 Å². The van der Waals surface area contributed by atoms with Crippen LogP contribution < -0.4 is 0 Å². The highest BCUT2D eigenvalue weighted by Gasteiger charge is 2.19. The Balaban J connectivity index is 1.13. The highest BCUT2D eigenvalue weighted by atomic mass is 32.1. The molecule has 57 heavy (non-hydrogen) atoms. The molecule has 3 aromatic heterocycles. The SMILES string of the molecule is N#Cc1cc(-c2ccc3sc4cccc(-c5nc(-c6ccccc6)nc(-c6ccccc6)n5)c4c3c2)cc(-c2nc(-c3ccccc3)nc(-c3ccccc3)n2)c1. The van der Waals surface area contributed by atoms with Gasteiger partial charge >= 0.3 is 0 Å². The molecule has 0 saturated heterocycles. The molecule has 0 aliphatic rings. The van der Waals surface area contributed by atoms with Crippen LogP contribution in [0, 0.1) is 11.3 Å². The van der Waals surface area contributed by atoms with Gasteiger partial charge in [0.2, 0.25) is 0 Å². The van der Waals surface area contributed by atoms with Gasteiger partial charge in [-0.1, -0.05) is 140 Å². The Hall–Kier alpha value is -7.73. The quantitative estimate of drug-likeness (QED) is 0.160. The summed E-state index contributed by atoms with van der Waals surface area (Å²) in [6, 6.07) is 60.7. The second kappa shape index (κ2) is 14.5. The van der Waals surface area contributed by atoms with E-state index in [-0.39, 0.29) is 0 Å². The van der Waals surface area contributed by atoms with Crippen molar-refractivity contribution in [1.29, 1.82) is 5.26 Å². The largest absolute Gasteiger partial charge is 0.208 e. The number of thiophene rings is 1. The molecule has 0 fully saturated rings. The molecule has 8 heteroatoms. The van der Waals surface area contributed by atoms with Gasteiger partial charge in [-0.15, -0.1) is 11.3 Å². The van der Waals surface area contributed by atoms with E-state index in [9.17, 15) is 5.26 Å². The molecule has 7 nitrogen and oxygen atoms in total. The number of benzene rings is 7. The van der Waals surface area contributed by atoms with Crippen LogP contribution in [-0.2, 0) is 0 Å². The zero-order valence-electron chi connectivity index (χ0n) is 30.3. The summed E-state index contributed by atoms with van der Waals surface area (Å²) in [6.45, 7) is 0. The Labute approximate surface area is 332 Å². The maximum atomic E-state index is 10.3. The molecule has 0 saturated carbocycles. The lowest BCUT2D eigenvalue weighted by Crippen LogP contribution is -2.00. The summed E-state index contributed by atoms with van der Waals surface area (Å²) < 4.78 is 2.26. The molecule has 0 unspecified atom stereocenters. The minimum absolute atomic E-state index is 0.490. The molecule has 0 N–H and O–H groups in total. The van der Waals surface area contributed by atoms with Crippen molar-refractivity contribution in [3.8, 4) is 85.5 Å². The maximum absolute atomic E-state index is 10.3. The van der Waals surface area contributed by atoms with Gasteiger partial charge in [-0.3, -0.25) is 0 Å². The second-order valence-corrected chi connectivity index (χ2v) is 14.6. The predicted molar refractivity (Wildman–Crippen MR) is 229 cm³/mol. The van der Waals surface area contributed by atoms with Crippen LogP contribution in [-0.4, -0.2) is 29.9 Å². The number of hydrogen-bond donors (Lipinski definition) is 0. The summed E-state index contributed by atoms with van der Waals surface area (Å²) in [5.74, 6) is 3.44. The van der Waals surface area contributed by atoms with Crippen molar-refractivity contribution in [2.45, 2.75) is 0 Å². The first-order valence-corrected chi connectivity index (χ1v) is 19.2. The van der Waals surface area contributed by atoms with Gasteiger partial charge in [-0.05, 0) is 47.5 Å². The van der Waals surface area contributed by atoms with Crippen LogP contribution in [0.5, 0.6) is 0 Å². The van der Waals surface area contributed by atoms with Crippen molar-refractivity contribution in [2.75, 3.05) is 0 Å². The molecule has 3 heterocycles. The number of nitrogens with zero attached hydrogens (tertiary/aromatic N) is 7. The first-order valence-electron chi connectivity index (χ1n) is 18.4. The third kappa shape index (κ3) is 6.59. The van der Waals surface area contributed by atoms with Crippen LogP contribution in [0.2, 0.25) is 0 Å². The molecule has 0 atom stereocenters. The molecule has 10 aromatic rings. The Morgan fingerprint density at radius 3 is 1.30 bits per heavy atom. The Morgan fingerprint density at radius 1 is 0.351 bits per heavy atom. The van der Waals surface area contributed by atoms with Gasteiger partial charge < -0.3 is 0 Å². The average Bonchev–Trinajstić information content (AvgIpc) is 3.68. The Bertz CT molecular complexity index is 3010. The van der Waals surface area contributed by atoms with Crippen LogP contribution in [0.15, 0.2) is 176 Å². The standard InChI is InChI=1S/C49H29N7S/c50-30-31-26-37(28-38(27-31)48-53-44(32-14-5-1-6-15-32)51-45(54-48)33-16-7-2-8-17-33)36-24-25-41-40(29-36)43-39(22-13-23-42(43)57-41)49-55-46(34-18-9-3-10-19-34)52-47(56-49)35-20-11-4-12-21-35/h1-29H. The first kappa shape index (κ1) is 33.8. The highest BCUT2D eigenvalue weighted by molar-refractivity contribution is 7.26. The summed E-state index contributed by atoms with van der Waals surface area (Å²) in [5.41, 5.74) is 7.59. The van der Waals surface area contributed by atoms with Crippen LogP contribution in [0.3, 0.4) is 0 Å². The zero-order chi connectivity index (χ0) is 38.1. The molecule has 7 aromatic carbocycles.